The van der Waals surface area contributed by atoms with Crippen LogP contribution in [0, 0.1) is 13.8 Å². The van der Waals surface area contributed by atoms with Crippen LogP contribution in [0.4, 0.5) is 5.69 Å². The zero-order valence-electron chi connectivity index (χ0n) is 16.0. The normalized spacial score (nSPS) is 11.0. The first kappa shape index (κ1) is 18.3. The Kier molecular flexibility index (Phi) is 4.88. The van der Waals surface area contributed by atoms with Gasteiger partial charge in [0, 0.05) is 16.1 Å². The number of H-pyrrole nitrogens is 1. The van der Waals surface area contributed by atoms with Crippen molar-refractivity contribution in [3.8, 4) is 16.9 Å². The maximum Gasteiger partial charge on any atom is 0.260 e. The molecule has 0 atom stereocenters. The predicted molar refractivity (Wildman–Crippen MR) is 115 cm³/mol. The minimum atomic E-state index is -0.101. The predicted octanol–water partition coefficient (Wildman–Crippen LogP) is 4.89. The van der Waals surface area contributed by atoms with Gasteiger partial charge in [-0.3, -0.25) is 4.79 Å². The molecule has 0 bridgehead atoms. The summed E-state index contributed by atoms with van der Waals surface area (Å²) >= 11 is 1.56. The minimum Gasteiger partial charge on any atom is -0.497 e. The fourth-order valence-electron chi connectivity index (χ4n) is 3.21. The van der Waals surface area contributed by atoms with E-state index >= 15 is 0 Å². The molecular weight excluding hydrogens is 370 g/mol. The topological polar surface area (TPSA) is 67.0 Å². The largest absolute Gasteiger partial charge is 0.497 e. The molecule has 0 amide bonds. The Morgan fingerprint density at radius 2 is 1.79 bits per heavy atom. The monoisotopic (exact) mass is 391 g/mol. The van der Waals surface area contributed by atoms with Gasteiger partial charge in [0.15, 0.2) is 0 Å². The number of fused-ring (bicyclic) bond motifs is 1. The molecule has 5 nitrogen and oxygen atoms in total. The molecule has 4 aromatic rings. The Morgan fingerprint density at radius 3 is 2.46 bits per heavy atom. The van der Waals surface area contributed by atoms with E-state index in [0.717, 1.165) is 32.3 Å². The van der Waals surface area contributed by atoms with Crippen molar-refractivity contribution in [3.63, 3.8) is 0 Å². The smallest absolute Gasteiger partial charge is 0.260 e. The summed E-state index contributed by atoms with van der Waals surface area (Å²) in [5.74, 6) is 1.42. The lowest BCUT2D eigenvalue weighted by atomic mass is 10.0. The van der Waals surface area contributed by atoms with Gasteiger partial charge in [-0.05, 0) is 43.7 Å². The molecule has 0 fully saturated rings. The van der Waals surface area contributed by atoms with Gasteiger partial charge in [0.1, 0.15) is 16.4 Å². The van der Waals surface area contributed by atoms with E-state index in [1.165, 1.54) is 5.56 Å². The lowest BCUT2D eigenvalue weighted by molar-refractivity contribution is 0.415. The third kappa shape index (κ3) is 3.51. The van der Waals surface area contributed by atoms with Crippen LogP contribution in [0.2, 0.25) is 0 Å². The van der Waals surface area contributed by atoms with Crippen molar-refractivity contribution in [1.82, 2.24) is 9.97 Å². The van der Waals surface area contributed by atoms with Crippen LogP contribution in [0.3, 0.4) is 0 Å². The van der Waals surface area contributed by atoms with E-state index in [0.29, 0.717) is 17.8 Å². The summed E-state index contributed by atoms with van der Waals surface area (Å²) in [4.78, 5) is 22.3. The van der Waals surface area contributed by atoms with Crippen molar-refractivity contribution in [2.75, 3.05) is 12.4 Å². The summed E-state index contributed by atoms with van der Waals surface area (Å²) in [5, 5.41) is 3.95. The van der Waals surface area contributed by atoms with Gasteiger partial charge in [0.05, 0.1) is 19.0 Å². The van der Waals surface area contributed by atoms with Gasteiger partial charge in [-0.15, -0.1) is 11.3 Å². The van der Waals surface area contributed by atoms with E-state index in [9.17, 15) is 4.79 Å². The highest BCUT2D eigenvalue weighted by Gasteiger charge is 2.16. The van der Waals surface area contributed by atoms with Crippen LogP contribution in [0.1, 0.15) is 16.3 Å². The van der Waals surface area contributed by atoms with E-state index in [1.807, 2.05) is 31.2 Å². The highest BCUT2D eigenvalue weighted by molar-refractivity contribution is 7.19. The Morgan fingerprint density at radius 1 is 1.07 bits per heavy atom. The van der Waals surface area contributed by atoms with Crippen LogP contribution >= 0.6 is 11.3 Å². The zero-order chi connectivity index (χ0) is 19.7. The van der Waals surface area contributed by atoms with Crippen LogP contribution in [-0.4, -0.2) is 17.1 Å². The lowest BCUT2D eigenvalue weighted by Gasteiger charge is -2.07. The summed E-state index contributed by atoms with van der Waals surface area (Å²) in [5.41, 5.74) is 4.05. The molecule has 2 N–H and O–H groups in total. The van der Waals surface area contributed by atoms with Crippen molar-refractivity contribution in [1.29, 1.82) is 0 Å². The van der Waals surface area contributed by atoms with Gasteiger partial charge in [0.2, 0.25) is 0 Å². The maximum absolute atomic E-state index is 12.8. The zero-order valence-corrected chi connectivity index (χ0v) is 16.8. The van der Waals surface area contributed by atoms with Crippen molar-refractivity contribution in [2.24, 2.45) is 0 Å². The van der Waals surface area contributed by atoms with Gasteiger partial charge in [0.25, 0.3) is 5.56 Å². The van der Waals surface area contributed by atoms with Gasteiger partial charge in [-0.1, -0.05) is 29.8 Å². The molecule has 142 valence electrons. The molecule has 0 aliphatic carbocycles. The summed E-state index contributed by atoms with van der Waals surface area (Å²) in [7, 11) is 1.64. The van der Waals surface area contributed by atoms with Crippen LogP contribution in [0.25, 0.3) is 21.3 Å². The summed E-state index contributed by atoms with van der Waals surface area (Å²) < 4.78 is 5.17. The van der Waals surface area contributed by atoms with Gasteiger partial charge < -0.3 is 15.0 Å². The molecule has 2 aromatic carbocycles. The highest BCUT2D eigenvalue weighted by atomic mass is 32.1. The Balaban J connectivity index is 1.65. The number of rotatable bonds is 5. The standard InChI is InChI=1S/C22H21N3O2S/c1-13-4-6-15(7-5-13)19-14(2)28-22-20(19)21(26)24-18(25-22)12-23-16-8-10-17(27-3)11-9-16/h4-11,23H,12H2,1-3H3,(H,24,25,26). The number of aromatic nitrogens is 2. The molecule has 4 rings (SSSR count). The van der Waals surface area contributed by atoms with Crippen molar-refractivity contribution >= 4 is 27.2 Å². The molecule has 0 spiro atoms. The minimum absolute atomic E-state index is 0.101. The van der Waals surface area contributed by atoms with E-state index in [2.05, 4.69) is 46.5 Å². The second-order valence-corrected chi connectivity index (χ2v) is 7.88. The number of aromatic amines is 1. The third-order valence-corrected chi connectivity index (χ3v) is 5.68. The molecule has 2 heterocycles. The highest BCUT2D eigenvalue weighted by Crippen LogP contribution is 2.35. The number of nitrogens with zero attached hydrogens (tertiary/aromatic N) is 1. The fraction of sp³-hybridized carbons (Fsp3) is 0.182. The van der Waals surface area contributed by atoms with E-state index < -0.39 is 0 Å². The Bertz CT molecular complexity index is 1180. The molecular formula is C22H21N3O2S. The first-order chi connectivity index (χ1) is 13.5. The Labute approximate surface area is 167 Å². The van der Waals surface area contributed by atoms with E-state index in [1.54, 1.807) is 18.4 Å². The van der Waals surface area contributed by atoms with Crippen LogP contribution in [0.5, 0.6) is 5.75 Å². The molecule has 6 heteroatoms. The Hall–Kier alpha value is -3.12. The van der Waals surface area contributed by atoms with Crippen molar-refractivity contribution in [3.05, 3.63) is 75.1 Å². The van der Waals surface area contributed by atoms with Crippen LogP contribution in [0.15, 0.2) is 53.3 Å². The number of nitrogens with one attached hydrogen (secondary N) is 2. The number of ether oxygens (including phenoxy) is 1. The number of thiophene rings is 1. The second kappa shape index (κ2) is 7.48. The van der Waals surface area contributed by atoms with E-state index in [-0.39, 0.29) is 5.56 Å². The second-order valence-electron chi connectivity index (χ2n) is 6.67. The molecule has 0 saturated heterocycles. The molecule has 0 unspecified atom stereocenters. The van der Waals surface area contributed by atoms with Crippen molar-refractivity contribution < 1.29 is 4.74 Å². The van der Waals surface area contributed by atoms with E-state index in [4.69, 9.17) is 4.74 Å². The number of benzene rings is 2. The number of hydrogen-bond acceptors (Lipinski definition) is 5. The molecule has 0 saturated carbocycles. The quantitative estimate of drug-likeness (QED) is 0.508. The molecule has 0 radical (unpaired) electrons. The average Bonchev–Trinajstić information content (AvgIpc) is 3.04. The van der Waals surface area contributed by atoms with Gasteiger partial charge in [-0.25, -0.2) is 4.98 Å². The van der Waals surface area contributed by atoms with Gasteiger partial charge >= 0.3 is 0 Å². The number of methoxy groups -OCH3 is 1. The molecule has 2 aromatic heterocycles. The number of aryl methyl sites for hydroxylation is 2. The SMILES string of the molecule is COc1ccc(NCc2nc3sc(C)c(-c4ccc(C)cc4)c3c(=O)[nH]2)cc1. The third-order valence-electron chi connectivity index (χ3n) is 4.68. The number of anilines is 1. The lowest BCUT2D eigenvalue weighted by Crippen LogP contribution is -2.14. The molecule has 0 aliphatic rings. The van der Waals surface area contributed by atoms with Crippen molar-refractivity contribution in [2.45, 2.75) is 20.4 Å². The average molecular weight is 391 g/mol. The first-order valence-electron chi connectivity index (χ1n) is 9.02. The fourth-order valence-corrected chi connectivity index (χ4v) is 4.27. The first-order valence-corrected chi connectivity index (χ1v) is 9.84. The summed E-state index contributed by atoms with van der Waals surface area (Å²) in [6.07, 6.45) is 0. The number of hydrogen-bond donors (Lipinski definition) is 2. The van der Waals surface area contributed by atoms with Crippen LogP contribution in [-0.2, 0) is 6.54 Å². The maximum atomic E-state index is 12.8. The summed E-state index contributed by atoms with van der Waals surface area (Å²) in [6.45, 7) is 4.53. The van der Waals surface area contributed by atoms with Gasteiger partial charge in [-0.2, -0.15) is 0 Å². The molecule has 0 aliphatic heterocycles. The molecule has 28 heavy (non-hydrogen) atoms. The van der Waals surface area contributed by atoms with Crippen LogP contribution < -0.4 is 15.6 Å². The summed E-state index contributed by atoms with van der Waals surface area (Å²) in [6, 6.07) is 15.9.